The first-order chi connectivity index (χ1) is 14.2. The summed E-state index contributed by atoms with van der Waals surface area (Å²) in [5.74, 6) is 1.75. The van der Waals surface area contributed by atoms with Crippen molar-refractivity contribution in [2.75, 3.05) is 39.4 Å². The molecule has 1 atom stereocenters. The molecule has 29 heavy (non-hydrogen) atoms. The van der Waals surface area contributed by atoms with E-state index >= 15 is 0 Å². The molecule has 158 valence electrons. The number of Topliss-reactive ketones (excluding diaryl/α,β-unsaturated/α-hetero) is 1. The maximum absolute atomic E-state index is 13.1. The summed E-state index contributed by atoms with van der Waals surface area (Å²) >= 11 is 0. The van der Waals surface area contributed by atoms with Gasteiger partial charge in [-0.25, -0.2) is 0 Å². The number of piperidine rings is 2. The molecule has 0 bridgehead atoms. The van der Waals surface area contributed by atoms with Gasteiger partial charge < -0.3 is 14.4 Å². The summed E-state index contributed by atoms with van der Waals surface area (Å²) in [6.45, 7) is 6.61. The fourth-order valence-corrected chi connectivity index (χ4v) is 4.83. The second-order valence-corrected chi connectivity index (χ2v) is 8.37. The molecule has 3 aliphatic rings. The molecule has 0 aromatic heterocycles. The van der Waals surface area contributed by atoms with Crippen molar-refractivity contribution in [1.29, 1.82) is 0 Å². The van der Waals surface area contributed by atoms with Crippen molar-refractivity contribution in [1.82, 2.24) is 9.80 Å². The van der Waals surface area contributed by atoms with Crippen LogP contribution in [0.3, 0.4) is 0 Å². The number of fused-ring (bicyclic) bond motifs is 1. The van der Waals surface area contributed by atoms with Crippen LogP contribution in [-0.4, -0.2) is 66.9 Å². The third-order valence-corrected chi connectivity index (χ3v) is 6.41. The predicted molar refractivity (Wildman–Crippen MR) is 111 cm³/mol. The van der Waals surface area contributed by atoms with E-state index < -0.39 is 0 Å². The topological polar surface area (TPSA) is 59.1 Å². The lowest BCUT2D eigenvalue weighted by molar-refractivity contribution is -0.139. The fraction of sp³-hybridized carbons (Fsp3) is 0.652. The summed E-state index contributed by atoms with van der Waals surface area (Å²) in [6, 6.07) is 5.50. The van der Waals surface area contributed by atoms with Crippen LogP contribution in [0.15, 0.2) is 18.2 Å². The number of rotatable bonds is 5. The van der Waals surface area contributed by atoms with Gasteiger partial charge in [0.1, 0.15) is 13.2 Å². The number of ketones is 1. The van der Waals surface area contributed by atoms with Crippen molar-refractivity contribution in [3.05, 3.63) is 23.8 Å². The molecule has 0 radical (unpaired) electrons. The summed E-state index contributed by atoms with van der Waals surface area (Å²) in [6.07, 6.45) is 5.84. The quantitative estimate of drug-likeness (QED) is 0.711. The summed E-state index contributed by atoms with van der Waals surface area (Å²) in [4.78, 5) is 30.5. The van der Waals surface area contributed by atoms with E-state index in [1.54, 1.807) is 6.07 Å². The fourth-order valence-electron chi connectivity index (χ4n) is 4.83. The molecule has 4 rings (SSSR count). The van der Waals surface area contributed by atoms with Crippen molar-refractivity contribution < 1.29 is 19.1 Å². The average Bonchev–Trinajstić information content (AvgIpc) is 2.78. The zero-order chi connectivity index (χ0) is 20.2. The van der Waals surface area contributed by atoms with Crippen LogP contribution >= 0.6 is 0 Å². The van der Waals surface area contributed by atoms with Crippen LogP contribution in [0.5, 0.6) is 11.5 Å². The molecule has 1 unspecified atom stereocenters. The number of ether oxygens (including phenoxy) is 2. The maximum Gasteiger partial charge on any atom is 0.239 e. The van der Waals surface area contributed by atoms with Gasteiger partial charge in [0.2, 0.25) is 5.91 Å². The normalized spacial score (nSPS) is 23.1. The Kier molecular flexibility index (Phi) is 6.38. The number of hydrogen-bond acceptors (Lipinski definition) is 5. The van der Waals surface area contributed by atoms with Crippen molar-refractivity contribution in [3.63, 3.8) is 0 Å². The Morgan fingerprint density at radius 1 is 1.00 bits per heavy atom. The van der Waals surface area contributed by atoms with Crippen LogP contribution in [0, 0.1) is 5.92 Å². The van der Waals surface area contributed by atoms with Crippen molar-refractivity contribution in [2.45, 2.75) is 51.5 Å². The van der Waals surface area contributed by atoms with Gasteiger partial charge in [-0.1, -0.05) is 13.3 Å². The van der Waals surface area contributed by atoms with Gasteiger partial charge in [0.05, 0.1) is 6.04 Å². The standard InChI is InChI=1S/C23H32N2O4/c1-2-10-24-11-4-3-5-19(24)23(27)25-12-8-17(9-13-25)22(26)18-6-7-20-21(16-18)29-15-14-28-20/h6-7,16-17,19H,2-5,8-15H2,1H3. The first kappa shape index (κ1) is 20.2. The number of nitrogens with zero attached hydrogens (tertiary/aromatic N) is 2. The Labute approximate surface area is 173 Å². The van der Waals surface area contributed by atoms with Gasteiger partial charge in [-0.2, -0.15) is 0 Å². The molecule has 1 aromatic carbocycles. The molecule has 0 saturated carbocycles. The number of likely N-dealkylation sites (tertiary alicyclic amines) is 2. The Balaban J connectivity index is 1.35. The molecule has 2 saturated heterocycles. The molecule has 6 nitrogen and oxygen atoms in total. The molecule has 2 fully saturated rings. The lowest BCUT2D eigenvalue weighted by Crippen LogP contribution is -2.53. The maximum atomic E-state index is 13.1. The minimum absolute atomic E-state index is 0.0280. The van der Waals surface area contributed by atoms with E-state index in [-0.39, 0.29) is 23.7 Å². The number of benzene rings is 1. The molecule has 1 amide bonds. The Morgan fingerprint density at radius 3 is 2.52 bits per heavy atom. The molecule has 3 aliphatic heterocycles. The summed E-state index contributed by atoms with van der Waals surface area (Å²) in [5.41, 5.74) is 0.681. The number of hydrogen-bond donors (Lipinski definition) is 0. The molecule has 6 heteroatoms. The highest BCUT2D eigenvalue weighted by Crippen LogP contribution is 2.33. The van der Waals surface area contributed by atoms with Gasteiger partial charge in [0.15, 0.2) is 17.3 Å². The highest BCUT2D eigenvalue weighted by molar-refractivity contribution is 5.98. The molecule has 0 aliphatic carbocycles. The summed E-state index contributed by atoms with van der Waals surface area (Å²) < 4.78 is 11.2. The van der Waals surface area contributed by atoms with Gasteiger partial charge in [-0.05, 0) is 63.4 Å². The SMILES string of the molecule is CCCN1CCCCC1C(=O)N1CCC(C(=O)c2ccc3c(c2)OCCO3)CC1. The monoisotopic (exact) mass is 400 g/mol. The van der Waals surface area contributed by atoms with E-state index in [4.69, 9.17) is 9.47 Å². The Bertz CT molecular complexity index is 740. The molecule has 0 spiro atoms. The number of carbonyl (C=O) groups excluding carboxylic acids is 2. The minimum Gasteiger partial charge on any atom is -0.486 e. The van der Waals surface area contributed by atoms with E-state index in [1.165, 1.54) is 6.42 Å². The second kappa shape index (κ2) is 9.16. The van der Waals surface area contributed by atoms with Crippen LogP contribution in [0.25, 0.3) is 0 Å². The van der Waals surface area contributed by atoms with E-state index in [0.29, 0.717) is 43.4 Å². The van der Waals surface area contributed by atoms with Crippen LogP contribution in [0.4, 0.5) is 0 Å². The summed E-state index contributed by atoms with van der Waals surface area (Å²) in [7, 11) is 0. The Hall–Kier alpha value is -2.08. The molecular weight excluding hydrogens is 368 g/mol. The molecule has 0 N–H and O–H groups in total. The van der Waals surface area contributed by atoms with Crippen molar-refractivity contribution >= 4 is 11.7 Å². The zero-order valence-electron chi connectivity index (χ0n) is 17.4. The third kappa shape index (κ3) is 4.42. The first-order valence-electron chi connectivity index (χ1n) is 11.1. The van der Waals surface area contributed by atoms with Crippen LogP contribution in [0.2, 0.25) is 0 Å². The average molecular weight is 401 g/mol. The zero-order valence-corrected chi connectivity index (χ0v) is 17.4. The van der Waals surface area contributed by atoms with E-state index in [9.17, 15) is 9.59 Å². The highest BCUT2D eigenvalue weighted by Gasteiger charge is 2.34. The van der Waals surface area contributed by atoms with Crippen molar-refractivity contribution in [2.24, 2.45) is 5.92 Å². The molecule has 3 heterocycles. The first-order valence-corrected chi connectivity index (χ1v) is 11.1. The molecular formula is C23H32N2O4. The van der Waals surface area contributed by atoms with Gasteiger partial charge in [-0.15, -0.1) is 0 Å². The van der Waals surface area contributed by atoms with Crippen LogP contribution in [0.1, 0.15) is 55.8 Å². The van der Waals surface area contributed by atoms with Gasteiger partial charge in [0, 0.05) is 24.6 Å². The van der Waals surface area contributed by atoms with E-state index in [2.05, 4.69) is 11.8 Å². The molecule has 1 aromatic rings. The van der Waals surface area contributed by atoms with Gasteiger partial charge in [0.25, 0.3) is 0 Å². The smallest absolute Gasteiger partial charge is 0.239 e. The summed E-state index contributed by atoms with van der Waals surface area (Å²) in [5, 5.41) is 0. The largest absolute Gasteiger partial charge is 0.486 e. The van der Waals surface area contributed by atoms with Gasteiger partial charge >= 0.3 is 0 Å². The van der Waals surface area contributed by atoms with Gasteiger partial charge in [-0.3, -0.25) is 14.5 Å². The van der Waals surface area contributed by atoms with E-state index in [1.807, 2.05) is 17.0 Å². The lowest BCUT2D eigenvalue weighted by atomic mass is 9.88. The number of amides is 1. The van der Waals surface area contributed by atoms with Crippen LogP contribution in [-0.2, 0) is 4.79 Å². The number of carbonyl (C=O) groups is 2. The lowest BCUT2D eigenvalue weighted by Gasteiger charge is -2.39. The van der Waals surface area contributed by atoms with Crippen molar-refractivity contribution in [3.8, 4) is 11.5 Å². The van der Waals surface area contributed by atoms with E-state index in [0.717, 1.165) is 45.2 Å². The third-order valence-electron chi connectivity index (χ3n) is 6.41. The highest BCUT2D eigenvalue weighted by atomic mass is 16.6. The second-order valence-electron chi connectivity index (χ2n) is 8.37. The Morgan fingerprint density at radius 2 is 1.76 bits per heavy atom. The van der Waals surface area contributed by atoms with Crippen LogP contribution < -0.4 is 9.47 Å². The minimum atomic E-state index is -0.0280. The predicted octanol–water partition coefficient (Wildman–Crippen LogP) is 3.14.